The Morgan fingerprint density at radius 1 is 1.03 bits per heavy atom. The van der Waals surface area contributed by atoms with Crippen molar-refractivity contribution in [3.8, 4) is 11.5 Å². The van der Waals surface area contributed by atoms with Gasteiger partial charge in [-0.3, -0.25) is 14.9 Å². The first-order valence-electron chi connectivity index (χ1n) is 12.1. The molecule has 2 heterocycles. The number of carbonyl (C=O) groups is 1. The lowest BCUT2D eigenvalue weighted by molar-refractivity contribution is -0.384. The Hall–Kier alpha value is -4.24. The van der Waals surface area contributed by atoms with Crippen LogP contribution in [0.25, 0.3) is 22.6 Å². The number of morpholine rings is 1. The van der Waals surface area contributed by atoms with Crippen LogP contribution in [-0.2, 0) is 10.2 Å². The molecule has 1 fully saturated rings. The number of hydrogen-bond acceptors (Lipinski definition) is 7. The first-order valence-corrected chi connectivity index (χ1v) is 12.1. The van der Waals surface area contributed by atoms with E-state index in [1.54, 1.807) is 30.3 Å². The lowest BCUT2D eigenvalue weighted by Gasteiger charge is -2.28. The SMILES string of the molecule is CC(C)(C)c1ccc(-c2nc3cc(NC(=O)c4ccc(N5CCOCC5)c([N+](=O)[O-])c4)ccc3o2)cc1. The van der Waals surface area contributed by atoms with Crippen LogP contribution in [0.15, 0.2) is 65.1 Å². The van der Waals surface area contributed by atoms with E-state index >= 15 is 0 Å². The van der Waals surface area contributed by atoms with Gasteiger partial charge in [-0.1, -0.05) is 32.9 Å². The number of aromatic nitrogens is 1. The molecule has 0 unspecified atom stereocenters. The normalized spacial score (nSPS) is 14.1. The predicted octanol–water partition coefficient (Wildman–Crippen LogP) is 5.79. The number of nitrogens with one attached hydrogen (secondary N) is 1. The Bertz CT molecular complexity index is 1460. The molecule has 0 radical (unpaired) electrons. The highest BCUT2D eigenvalue weighted by molar-refractivity contribution is 6.05. The highest BCUT2D eigenvalue weighted by Gasteiger charge is 2.23. The highest BCUT2D eigenvalue weighted by atomic mass is 16.6. The van der Waals surface area contributed by atoms with E-state index < -0.39 is 10.8 Å². The Balaban J connectivity index is 1.36. The summed E-state index contributed by atoms with van der Waals surface area (Å²) in [6.45, 7) is 8.62. The summed E-state index contributed by atoms with van der Waals surface area (Å²) in [5.74, 6) is 0.0470. The zero-order chi connectivity index (χ0) is 26.2. The van der Waals surface area contributed by atoms with Crippen LogP contribution in [0.1, 0.15) is 36.7 Å². The third kappa shape index (κ3) is 5.17. The van der Waals surface area contributed by atoms with E-state index in [0.29, 0.717) is 54.7 Å². The van der Waals surface area contributed by atoms with Crippen molar-refractivity contribution < 1.29 is 18.9 Å². The molecule has 1 aliphatic heterocycles. The average molecular weight is 501 g/mol. The van der Waals surface area contributed by atoms with Gasteiger partial charge in [0.05, 0.1) is 18.1 Å². The molecule has 0 aliphatic carbocycles. The summed E-state index contributed by atoms with van der Waals surface area (Å²) in [4.78, 5) is 30.7. The minimum absolute atomic E-state index is 0.0518. The summed E-state index contributed by atoms with van der Waals surface area (Å²) in [6.07, 6.45) is 0. The van der Waals surface area contributed by atoms with Gasteiger partial charge >= 0.3 is 0 Å². The van der Waals surface area contributed by atoms with Crippen LogP contribution in [0.4, 0.5) is 17.1 Å². The Morgan fingerprint density at radius 2 is 1.76 bits per heavy atom. The topological polar surface area (TPSA) is 111 Å². The molecule has 1 aliphatic rings. The maximum Gasteiger partial charge on any atom is 0.293 e. The van der Waals surface area contributed by atoms with Crippen LogP contribution in [0.2, 0.25) is 0 Å². The molecule has 0 bridgehead atoms. The van der Waals surface area contributed by atoms with E-state index in [1.165, 1.54) is 11.6 Å². The van der Waals surface area contributed by atoms with Crippen molar-refractivity contribution in [3.05, 3.63) is 81.9 Å². The second-order valence-electron chi connectivity index (χ2n) is 10.0. The second kappa shape index (κ2) is 9.67. The van der Waals surface area contributed by atoms with Crippen LogP contribution < -0.4 is 10.2 Å². The molecule has 9 nitrogen and oxygen atoms in total. The minimum atomic E-state index is -0.460. The number of nitrogens with zero attached hydrogens (tertiary/aromatic N) is 3. The number of anilines is 2. The summed E-state index contributed by atoms with van der Waals surface area (Å²) < 4.78 is 11.3. The number of nitro groups is 1. The molecule has 1 amide bonds. The van der Waals surface area contributed by atoms with Crippen LogP contribution in [-0.4, -0.2) is 42.1 Å². The van der Waals surface area contributed by atoms with E-state index in [-0.39, 0.29) is 16.7 Å². The third-order valence-electron chi connectivity index (χ3n) is 6.43. The molecule has 0 atom stereocenters. The van der Waals surface area contributed by atoms with E-state index in [0.717, 1.165) is 5.56 Å². The van der Waals surface area contributed by atoms with Crippen molar-refractivity contribution in [2.75, 3.05) is 36.5 Å². The smallest absolute Gasteiger partial charge is 0.293 e. The number of fused-ring (bicyclic) bond motifs is 1. The molecule has 190 valence electrons. The Morgan fingerprint density at radius 3 is 2.43 bits per heavy atom. The molecular formula is C28H28N4O5. The number of nitro benzene ring substituents is 1. The molecule has 9 heteroatoms. The zero-order valence-electron chi connectivity index (χ0n) is 21.0. The first kappa shape index (κ1) is 24.5. The molecule has 1 saturated heterocycles. The number of carbonyl (C=O) groups excluding carboxylic acids is 1. The van der Waals surface area contributed by atoms with Crippen LogP contribution in [0.5, 0.6) is 0 Å². The van der Waals surface area contributed by atoms with Gasteiger partial charge in [0, 0.05) is 36.0 Å². The van der Waals surface area contributed by atoms with Gasteiger partial charge in [-0.15, -0.1) is 0 Å². The molecule has 1 N–H and O–H groups in total. The van der Waals surface area contributed by atoms with Crippen molar-refractivity contribution in [3.63, 3.8) is 0 Å². The summed E-state index contributed by atoms with van der Waals surface area (Å²) in [7, 11) is 0. The molecule has 5 rings (SSSR count). The number of oxazole rings is 1. The van der Waals surface area contributed by atoms with Gasteiger partial charge in [0.1, 0.15) is 11.2 Å². The maximum absolute atomic E-state index is 12.9. The first-order chi connectivity index (χ1) is 17.7. The summed E-state index contributed by atoms with van der Waals surface area (Å²) in [6, 6.07) is 17.8. The van der Waals surface area contributed by atoms with Gasteiger partial charge in [-0.05, 0) is 53.4 Å². The van der Waals surface area contributed by atoms with Gasteiger partial charge in [0.15, 0.2) is 5.58 Å². The largest absolute Gasteiger partial charge is 0.436 e. The third-order valence-corrected chi connectivity index (χ3v) is 6.43. The van der Waals surface area contributed by atoms with Crippen LogP contribution >= 0.6 is 0 Å². The fourth-order valence-electron chi connectivity index (χ4n) is 4.33. The highest BCUT2D eigenvalue weighted by Crippen LogP contribution is 2.31. The predicted molar refractivity (Wildman–Crippen MR) is 142 cm³/mol. The fraction of sp³-hybridized carbons (Fsp3) is 0.286. The summed E-state index contributed by atoms with van der Waals surface area (Å²) >= 11 is 0. The fourth-order valence-corrected chi connectivity index (χ4v) is 4.33. The Kier molecular flexibility index (Phi) is 6.39. The van der Waals surface area contributed by atoms with Crippen molar-refractivity contribution in [1.82, 2.24) is 4.98 Å². The Labute approximate surface area is 214 Å². The molecular weight excluding hydrogens is 472 g/mol. The van der Waals surface area contributed by atoms with E-state index in [4.69, 9.17) is 9.15 Å². The quantitative estimate of drug-likeness (QED) is 0.273. The van der Waals surface area contributed by atoms with E-state index in [2.05, 4.69) is 43.2 Å². The standard InChI is InChI=1S/C28H28N4O5/c1-28(2,3)20-7-4-18(5-8-20)27-30-22-17-21(9-11-25(22)37-27)29-26(33)19-6-10-23(24(16-19)32(34)35)31-12-14-36-15-13-31/h4-11,16-17H,12-15H2,1-3H3,(H,29,33). The zero-order valence-corrected chi connectivity index (χ0v) is 21.0. The van der Waals surface area contributed by atoms with Gasteiger partial charge < -0.3 is 19.4 Å². The molecule has 1 aromatic heterocycles. The number of rotatable bonds is 5. The molecule has 0 spiro atoms. The number of benzene rings is 3. The summed E-state index contributed by atoms with van der Waals surface area (Å²) in [5.41, 5.74) is 4.41. The monoisotopic (exact) mass is 500 g/mol. The average Bonchev–Trinajstić information content (AvgIpc) is 3.32. The van der Waals surface area contributed by atoms with Crippen molar-refractivity contribution in [2.45, 2.75) is 26.2 Å². The van der Waals surface area contributed by atoms with Gasteiger partial charge in [-0.2, -0.15) is 0 Å². The lowest BCUT2D eigenvalue weighted by atomic mass is 9.87. The van der Waals surface area contributed by atoms with Crippen LogP contribution in [0.3, 0.4) is 0 Å². The van der Waals surface area contributed by atoms with Gasteiger partial charge in [-0.25, -0.2) is 4.98 Å². The molecule has 0 saturated carbocycles. The summed E-state index contributed by atoms with van der Waals surface area (Å²) in [5, 5.41) is 14.5. The minimum Gasteiger partial charge on any atom is -0.436 e. The van der Waals surface area contributed by atoms with E-state index in [9.17, 15) is 14.9 Å². The van der Waals surface area contributed by atoms with Gasteiger partial charge in [0.2, 0.25) is 5.89 Å². The van der Waals surface area contributed by atoms with E-state index in [1.807, 2.05) is 17.0 Å². The number of ether oxygens (including phenoxy) is 1. The van der Waals surface area contributed by atoms with Crippen molar-refractivity contribution in [2.24, 2.45) is 0 Å². The van der Waals surface area contributed by atoms with Gasteiger partial charge in [0.25, 0.3) is 11.6 Å². The maximum atomic E-state index is 12.9. The van der Waals surface area contributed by atoms with Crippen molar-refractivity contribution in [1.29, 1.82) is 0 Å². The number of amides is 1. The van der Waals surface area contributed by atoms with Crippen molar-refractivity contribution >= 4 is 34.1 Å². The molecule has 37 heavy (non-hydrogen) atoms. The lowest BCUT2D eigenvalue weighted by Crippen LogP contribution is -2.36. The molecule has 3 aromatic carbocycles. The second-order valence-corrected chi connectivity index (χ2v) is 10.0. The van der Waals surface area contributed by atoms with Crippen LogP contribution in [0, 0.1) is 10.1 Å². The number of hydrogen-bond donors (Lipinski definition) is 1. The molecule has 4 aromatic rings.